The standard InChI is InChI=1S/C26H24N2O3/c1-15-13-21-23(25(29)22(15)26(30)31-2)24(28-20-10-6-5-9-19(20)27-21)18-12-11-16-7-3-4-8-17(16)14-18/h3-12,14-15,22,24,27-28H,13H2,1-2H3. The van der Waals surface area contributed by atoms with Crippen molar-refractivity contribution in [3.63, 3.8) is 0 Å². The van der Waals surface area contributed by atoms with E-state index in [1.165, 1.54) is 7.11 Å². The first-order chi connectivity index (χ1) is 15.1. The Bertz CT molecular complexity index is 1230. The zero-order valence-corrected chi connectivity index (χ0v) is 17.5. The van der Waals surface area contributed by atoms with Crippen LogP contribution >= 0.6 is 0 Å². The number of esters is 1. The molecule has 0 spiro atoms. The van der Waals surface area contributed by atoms with Crippen LogP contribution in [0.4, 0.5) is 11.4 Å². The molecule has 3 aromatic carbocycles. The average molecular weight is 412 g/mol. The molecular formula is C26H24N2O3. The molecule has 0 amide bonds. The van der Waals surface area contributed by atoms with Gasteiger partial charge in [-0.25, -0.2) is 0 Å². The SMILES string of the molecule is COC(=O)C1C(=O)C2=C(CC1C)Nc1ccccc1NC2c1ccc2ccccc2c1. The lowest BCUT2D eigenvalue weighted by molar-refractivity contribution is -0.151. The number of ether oxygens (including phenoxy) is 1. The molecule has 1 aliphatic heterocycles. The lowest BCUT2D eigenvalue weighted by Gasteiger charge is -2.32. The lowest BCUT2D eigenvalue weighted by Crippen LogP contribution is -2.39. The minimum absolute atomic E-state index is 0.145. The van der Waals surface area contributed by atoms with Crippen molar-refractivity contribution in [2.45, 2.75) is 19.4 Å². The Labute approximate surface area is 181 Å². The monoisotopic (exact) mass is 412 g/mol. The van der Waals surface area contributed by atoms with Crippen LogP contribution in [0.5, 0.6) is 0 Å². The number of carbonyl (C=O) groups is 2. The molecule has 3 aromatic rings. The summed E-state index contributed by atoms with van der Waals surface area (Å²) in [6, 6.07) is 22.0. The van der Waals surface area contributed by atoms with Crippen molar-refractivity contribution in [1.29, 1.82) is 0 Å². The second-order valence-corrected chi connectivity index (χ2v) is 8.29. The quantitative estimate of drug-likeness (QED) is 0.454. The number of fused-ring (bicyclic) bond motifs is 2. The van der Waals surface area contributed by atoms with E-state index in [1.54, 1.807) is 0 Å². The van der Waals surface area contributed by atoms with Crippen LogP contribution in [-0.4, -0.2) is 18.9 Å². The highest BCUT2D eigenvalue weighted by atomic mass is 16.5. The number of Topliss-reactive ketones (excluding diaryl/α,β-unsaturated/α-hetero) is 1. The number of para-hydroxylation sites is 2. The lowest BCUT2D eigenvalue weighted by atomic mass is 9.74. The summed E-state index contributed by atoms with van der Waals surface area (Å²) in [5.41, 5.74) is 4.31. The van der Waals surface area contributed by atoms with Crippen molar-refractivity contribution in [1.82, 2.24) is 0 Å². The smallest absolute Gasteiger partial charge is 0.316 e. The molecule has 5 heteroatoms. The summed E-state index contributed by atoms with van der Waals surface area (Å²) in [4.78, 5) is 26.2. The number of benzene rings is 3. The number of carbonyl (C=O) groups excluding carboxylic acids is 2. The highest BCUT2D eigenvalue weighted by molar-refractivity contribution is 6.11. The third-order valence-corrected chi connectivity index (χ3v) is 6.33. The summed E-state index contributed by atoms with van der Waals surface area (Å²) in [5.74, 6) is -1.58. The van der Waals surface area contributed by atoms with E-state index in [2.05, 4.69) is 41.0 Å². The van der Waals surface area contributed by atoms with Crippen molar-refractivity contribution in [3.05, 3.63) is 83.6 Å². The van der Waals surface area contributed by atoms with Gasteiger partial charge in [0.15, 0.2) is 5.78 Å². The molecule has 2 N–H and O–H groups in total. The molecule has 0 saturated heterocycles. The van der Waals surface area contributed by atoms with Crippen LogP contribution in [0.3, 0.4) is 0 Å². The van der Waals surface area contributed by atoms with Crippen molar-refractivity contribution < 1.29 is 14.3 Å². The minimum atomic E-state index is -0.795. The molecule has 31 heavy (non-hydrogen) atoms. The Balaban J connectivity index is 1.69. The van der Waals surface area contributed by atoms with Gasteiger partial charge in [-0.15, -0.1) is 0 Å². The van der Waals surface area contributed by atoms with Gasteiger partial charge >= 0.3 is 5.97 Å². The van der Waals surface area contributed by atoms with Gasteiger partial charge < -0.3 is 15.4 Å². The topological polar surface area (TPSA) is 67.4 Å². The summed E-state index contributed by atoms with van der Waals surface area (Å²) in [5, 5.41) is 9.30. The number of anilines is 2. The van der Waals surface area contributed by atoms with E-state index in [4.69, 9.17) is 4.74 Å². The number of ketones is 1. The Kier molecular flexibility index (Phi) is 4.74. The molecule has 0 saturated carbocycles. The van der Waals surface area contributed by atoms with Gasteiger partial charge in [-0.3, -0.25) is 9.59 Å². The first kappa shape index (κ1) is 19.4. The molecule has 3 atom stereocenters. The maximum Gasteiger partial charge on any atom is 0.316 e. The van der Waals surface area contributed by atoms with Crippen molar-refractivity contribution >= 4 is 33.9 Å². The van der Waals surface area contributed by atoms with E-state index in [9.17, 15) is 9.59 Å². The van der Waals surface area contributed by atoms with Crippen LogP contribution in [0.15, 0.2) is 78.0 Å². The van der Waals surface area contributed by atoms with Crippen LogP contribution in [0.25, 0.3) is 10.8 Å². The fourth-order valence-electron chi connectivity index (χ4n) is 4.77. The maximum absolute atomic E-state index is 13.7. The van der Waals surface area contributed by atoms with Crippen LogP contribution < -0.4 is 10.6 Å². The number of rotatable bonds is 2. The minimum Gasteiger partial charge on any atom is -0.468 e. The first-order valence-corrected chi connectivity index (χ1v) is 10.5. The van der Waals surface area contributed by atoms with Crippen molar-refractivity contribution in [2.75, 3.05) is 17.7 Å². The number of methoxy groups -OCH3 is 1. The highest BCUT2D eigenvalue weighted by Gasteiger charge is 2.44. The third kappa shape index (κ3) is 3.26. The number of allylic oxidation sites excluding steroid dienone is 1. The molecule has 3 unspecified atom stereocenters. The predicted octanol–water partition coefficient (Wildman–Crippen LogP) is 5.07. The summed E-state index contributed by atoms with van der Waals surface area (Å²) in [7, 11) is 1.34. The van der Waals surface area contributed by atoms with Gasteiger partial charge in [0, 0.05) is 11.3 Å². The van der Waals surface area contributed by atoms with Gasteiger partial charge in [0.1, 0.15) is 5.92 Å². The number of nitrogens with one attached hydrogen (secondary N) is 2. The summed E-state index contributed by atoms with van der Waals surface area (Å²) in [6.45, 7) is 1.93. The number of hydrogen-bond donors (Lipinski definition) is 2. The van der Waals surface area contributed by atoms with Crippen LogP contribution in [0.2, 0.25) is 0 Å². The Hall–Kier alpha value is -3.60. The van der Waals surface area contributed by atoms with Gasteiger partial charge in [-0.1, -0.05) is 55.5 Å². The second kappa shape index (κ2) is 7.58. The van der Waals surface area contributed by atoms with Gasteiger partial charge in [0.2, 0.25) is 0 Å². The zero-order chi connectivity index (χ0) is 21.5. The van der Waals surface area contributed by atoms with E-state index in [0.29, 0.717) is 12.0 Å². The molecule has 5 rings (SSSR count). The summed E-state index contributed by atoms with van der Waals surface area (Å²) in [6.07, 6.45) is 0.598. The molecule has 1 heterocycles. The molecule has 5 nitrogen and oxygen atoms in total. The molecular weight excluding hydrogens is 388 g/mol. The van der Waals surface area contributed by atoms with Crippen LogP contribution in [0, 0.1) is 11.8 Å². The predicted molar refractivity (Wildman–Crippen MR) is 122 cm³/mol. The van der Waals surface area contributed by atoms with Crippen LogP contribution in [-0.2, 0) is 14.3 Å². The molecule has 1 aliphatic carbocycles. The Morgan fingerprint density at radius 2 is 1.68 bits per heavy atom. The molecule has 0 fully saturated rings. The van der Waals surface area contributed by atoms with Crippen molar-refractivity contribution in [3.8, 4) is 0 Å². The van der Waals surface area contributed by atoms with Gasteiger partial charge in [0.25, 0.3) is 0 Å². The average Bonchev–Trinajstić information content (AvgIpc) is 2.95. The molecule has 0 bridgehead atoms. The van der Waals surface area contributed by atoms with E-state index in [0.717, 1.165) is 33.4 Å². The molecule has 0 radical (unpaired) electrons. The molecule has 0 aromatic heterocycles. The van der Waals surface area contributed by atoms with Gasteiger partial charge in [0.05, 0.1) is 24.5 Å². The third-order valence-electron chi connectivity index (χ3n) is 6.33. The van der Waals surface area contributed by atoms with Crippen molar-refractivity contribution in [2.24, 2.45) is 11.8 Å². The molecule has 156 valence electrons. The molecule has 2 aliphatic rings. The van der Waals surface area contributed by atoms with E-state index >= 15 is 0 Å². The zero-order valence-electron chi connectivity index (χ0n) is 17.5. The second-order valence-electron chi connectivity index (χ2n) is 8.29. The fourth-order valence-corrected chi connectivity index (χ4v) is 4.77. The maximum atomic E-state index is 13.7. The number of hydrogen-bond acceptors (Lipinski definition) is 5. The summed E-state index contributed by atoms with van der Waals surface area (Å²) < 4.78 is 4.98. The summed E-state index contributed by atoms with van der Waals surface area (Å²) >= 11 is 0. The Morgan fingerprint density at radius 3 is 2.45 bits per heavy atom. The first-order valence-electron chi connectivity index (χ1n) is 10.5. The van der Waals surface area contributed by atoms with Crippen LogP contribution in [0.1, 0.15) is 24.9 Å². The van der Waals surface area contributed by atoms with E-state index in [1.807, 2.05) is 43.3 Å². The normalized spacial score (nSPS) is 22.6. The van der Waals surface area contributed by atoms with Gasteiger partial charge in [-0.05, 0) is 46.9 Å². The largest absolute Gasteiger partial charge is 0.468 e. The van der Waals surface area contributed by atoms with Gasteiger partial charge in [-0.2, -0.15) is 0 Å². The van der Waals surface area contributed by atoms with E-state index < -0.39 is 11.9 Å². The Morgan fingerprint density at radius 1 is 0.968 bits per heavy atom. The highest BCUT2D eigenvalue weighted by Crippen LogP contribution is 2.44. The van der Waals surface area contributed by atoms with E-state index in [-0.39, 0.29) is 17.7 Å². The fraction of sp³-hybridized carbons (Fsp3) is 0.231.